The number of nitrogens with two attached hydrogens (primary N) is 1. The number of aromatic nitrogens is 1. The zero-order chi connectivity index (χ0) is 15.6. The average Bonchev–Trinajstić information content (AvgIpc) is 2.48. The van der Waals surface area contributed by atoms with Crippen molar-refractivity contribution in [1.82, 2.24) is 4.98 Å². The van der Waals surface area contributed by atoms with Gasteiger partial charge in [-0.25, -0.2) is 13.4 Å². The van der Waals surface area contributed by atoms with Crippen LogP contribution in [0.2, 0.25) is 0 Å². The Kier molecular flexibility index (Phi) is 4.16. The highest BCUT2D eigenvalue weighted by molar-refractivity contribution is 9.10. The Labute approximate surface area is 131 Å². The average molecular weight is 367 g/mol. The van der Waals surface area contributed by atoms with Crippen molar-refractivity contribution < 1.29 is 8.42 Å². The second kappa shape index (κ2) is 5.71. The van der Waals surface area contributed by atoms with E-state index in [-0.39, 0.29) is 10.7 Å². The molecule has 0 saturated heterocycles. The maximum absolute atomic E-state index is 12.6. The van der Waals surface area contributed by atoms with Gasteiger partial charge in [0.25, 0.3) is 10.0 Å². The van der Waals surface area contributed by atoms with Crippen LogP contribution in [0, 0.1) is 11.3 Å². The summed E-state index contributed by atoms with van der Waals surface area (Å²) in [5, 5.41) is 8.89. The molecular weight excluding hydrogens is 356 g/mol. The molecule has 0 aliphatic rings. The van der Waals surface area contributed by atoms with Gasteiger partial charge < -0.3 is 5.73 Å². The summed E-state index contributed by atoms with van der Waals surface area (Å²) in [6.07, 6.45) is 1.42. The maximum atomic E-state index is 12.6. The summed E-state index contributed by atoms with van der Waals surface area (Å²) in [6.45, 7) is 0. The number of rotatable bonds is 3. The Morgan fingerprint density at radius 1 is 1.38 bits per heavy atom. The second-order valence-corrected chi connectivity index (χ2v) is 7.02. The standard InChI is InChI=1S/C13H11BrN4O2S/c1-18(11-4-2-3-9(5-11)7-15)21(19,20)12-6-10(14)8-17-13(12)16/h2-6,8H,1H3,(H2,16,17). The monoisotopic (exact) mass is 366 g/mol. The van der Waals surface area contributed by atoms with E-state index in [0.29, 0.717) is 15.7 Å². The molecule has 0 aliphatic carbocycles. The van der Waals surface area contributed by atoms with Gasteiger partial charge in [0.05, 0.1) is 17.3 Å². The highest BCUT2D eigenvalue weighted by atomic mass is 79.9. The minimum atomic E-state index is -3.86. The lowest BCUT2D eigenvalue weighted by Gasteiger charge is -2.20. The largest absolute Gasteiger partial charge is 0.383 e. The maximum Gasteiger partial charge on any atom is 0.267 e. The number of nitriles is 1. The normalized spacial score (nSPS) is 10.9. The summed E-state index contributed by atoms with van der Waals surface area (Å²) < 4.78 is 26.8. The molecule has 2 rings (SSSR count). The Balaban J connectivity index is 2.53. The van der Waals surface area contributed by atoms with Crippen LogP contribution in [0.25, 0.3) is 0 Å². The molecule has 0 spiro atoms. The second-order valence-electron chi connectivity index (χ2n) is 4.17. The third kappa shape index (κ3) is 2.99. The Morgan fingerprint density at radius 2 is 2.10 bits per heavy atom. The molecule has 0 radical (unpaired) electrons. The summed E-state index contributed by atoms with van der Waals surface area (Å²) in [5.74, 6) is -0.0820. The molecule has 6 nitrogen and oxygen atoms in total. The van der Waals surface area contributed by atoms with E-state index in [1.165, 1.54) is 25.4 Å². The molecule has 0 unspecified atom stereocenters. The minimum absolute atomic E-state index is 0.0820. The SMILES string of the molecule is CN(c1cccc(C#N)c1)S(=O)(=O)c1cc(Br)cnc1N. The van der Waals surface area contributed by atoms with Crippen LogP contribution in [0.4, 0.5) is 11.5 Å². The minimum Gasteiger partial charge on any atom is -0.383 e. The first-order chi connectivity index (χ1) is 9.86. The molecule has 0 saturated carbocycles. The number of halogens is 1. The predicted molar refractivity (Wildman–Crippen MR) is 83.1 cm³/mol. The van der Waals surface area contributed by atoms with Crippen molar-refractivity contribution in [2.75, 3.05) is 17.1 Å². The van der Waals surface area contributed by atoms with Gasteiger partial charge in [0.2, 0.25) is 0 Å². The van der Waals surface area contributed by atoms with Crippen LogP contribution in [0.1, 0.15) is 5.56 Å². The number of sulfonamides is 1. The number of nitrogen functional groups attached to an aromatic ring is 1. The molecule has 0 atom stereocenters. The number of nitrogens with zero attached hydrogens (tertiary/aromatic N) is 3. The molecule has 1 aromatic carbocycles. The van der Waals surface area contributed by atoms with Crippen LogP contribution in [0.3, 0.4) is 0 Å². The molecule has 0 amide bonds. The van der Waals surface area contributed by atoms with Crippen molar-refractivity contribution in [3.05, 3.63) is 46.6 Å². The molecule has 21 heavy (non-hydrogen) atoms. The molecule has 108 valence electrons. The zero-order valence-electron chi connectivity index (χ0n) is 11.0. The van der Waals surface area contributed by atoms with Gasteiger partial charge in [0, 0.05) is 17.7 Å². The van der Waals surface area contributed by atoms with Gasteiger partial charge in [-0.1, -0.05) is 6.07 Å². The fourth-order valence-electron chi connectivity index (χ4n) is 1.70. The van der Waals surface area contributed by atoms with Crippen LogP contribution in [0.15, 0.2) is 45.9 Å². The fraction of sp³-hybridized carbons (Fsp3) is 0.0769. The molecule has 1 aromatic heterocycles. The van der Waals surface area contributed by atoms with E-state index in [0.717, 1.165) is 4.31 Å². The van der Waals surface area contributed by atoms with Gasteiger partial charge in [-0.3, -0.25) is 4.31 Å². The van der Waals surface area contributed by atoms with Gasteiger partial charge in [0.1, 0.15) is 10.7 Å². The number of anilines is 2. The summed E-state index contributed by atoms with van der Waals surface area (Å²) in [6, 6.07) is 9.65. The van der Waals surface area contributed by atoms with Crippen molar-refractivity contribution >= 4 is 37.5 Å². The lowest BCUT2D eigenvalue weighted by Crippen LogP contribution is -2.27. The smallest absolute Gasteiger partial charge is 0.267 e. The molecule has 0 fully saturated rings. The van der Waals surface area contributed by atoms with E-state index in [4.69, 9.17) is 11.0 Å². The lowest BCUT2D eigenvalue weighted by atomic mass is 10.2. The summed E-state index contributed by atoms with van der Waals surface area (Å²) in [4.78, 5) is 3.73. The van der Waals surface area contributed by atoms with Crippen LogP contribution in [0.5, 0.6) is 0 Å². The number of benzene rings is 1. The van der Waals surface area contributed by atoms with E-state index < -0.39 is 10.0 Å². The summed E-state index contributed by atoms with van der Waals surface area (Å²) >= 11 is 3.17. The van der Waals surface area contributed by atoms with Crippen LogP contribution < -0.4 is 10.0 Å². The van der Waals surface area contributed by atoms with Gasteiger partial charge in [-0.15, -0.1) is 0 Å². The highest BCUT2D eigenvalue weighted by Gasteiger charge is 2.25. The number of hydrogen-bond donors (Lipinski definition) is 1. The first kappa shape index (κ1) is 15.3. The fourth-order valence-corrected chi connectivity index (χ4v) is 3.46. The van der Waals surface area contributed by atoms with Gasteiger partial charge in [0.15, 0.2) is 0 Å². The first-order valence-corrected chi connectivity index (χ1v) is 7.99. The third-order valence-corrected chi connectivity index (χ3v) is 5.07. The van der Waals surface area contributed by atoms with Gasteiger partial charge in [-0.2, -0.15) is 5.26 Å². The van der Waals surface area contributed by atoms with E-state index in [2.05, 4.69) is 20.9 Å². The quantitative estimate of drug-likeness (QED) is 0.896. The Morgan fingerprint density at radius 3 is 2.76 bits per heavy atom. The van der Waals surface area contributed by atoms with Crippen LogP contribution >= 0.6 is 15.9 Å². The molecule has 2 N–H and O–H groups in total. The first-order valence-electron chi connectivity index (χ1n) is 5.76. The Bertz CT molecular complexity index is 830. The summed E-state index contributed by atoms with van der Waals surface area (Å²) in [5.41, 5.74) is 6.40. The number of hydrogen-bond acceptors (Lipinski definition) is 5. The molecule has 0 bridgehead atoms. The summed E-state index contributed by atoms with van der Waals surface area (Å²) in [7, 11) is -2.47. The van der Waals surface area contributed by atoms with Crippen molar-refractivity contribution in [1.29, 1.82) is 5.26 Å². The molecule has 8 heteroatoms. The van der Waals surface area contributed by atoms with Gasteiger partial charge >= 0.3 is 0 Å². The van der Waals surface area contributed by atoms with Crippen molar-refractivity contribution in [3.8, 4) is 6.07 Å². The zero-order valence-corrected chi connectivity index (χ0v) is 13.4. The van der Waals surface area contributed by atoms with E-state index in [1.807, 2.05) is 6.07 Å². The lowest BCUT2D eigenvalue weighted by molar-refractivity contribution is 0.594. The molecule has 1 heterocycles. The predicted octanol–water partition coefficient (Wildman–Crippen LogP) is 2.12. The van der Waals surface area contributed by atoms with Crippen molar-refractivity contribution in [2.24, 2.45) is 0 Å². The van der Waals surface area contributed by atoms with Gasteiger partial charge in [-0.05, 0) is 40.2 Å². The van der Waals surface area contributed by atoms with E-state index >= 15 is 0 Å². The molecule has 2 aromatic rings. The van der Waals surface area contributed by atoms with E-state index in [1.54, 1.807) is 18.2 Å². The Hall–Kier alpha value is -2.11. The highest BCUT2D eigenvalue weighted by Crippen LogP contribution is 2.27. The van der Waals surface area contributed by atoms with E-state index in [9.17, 15) is 8.42 Å². The number of pyridine rings is 1. The van der Waals surface area contributed by atoms with Crippen molar-refractivity contribution in [3.63, 3.8) is 0 Å². The van der Waals surface area contributed by atoms with Crippen LogP contribution in [-0.4, -0.2) is 20.4 Å². The van der Waals surface area contributed by atoms with Crippen molar-refractivity contribution in [2.45, 2.75) is 4.90 Å². The molecule has 0 aliphatic heterocycles. The topological polar surface area (TPSA) is 100 Å². The third-order valence-electron chi connectivity index (χ3n) is 2.83. The molecular formula is C13H11BrN4O2S. The van der Waals surface area contributed by atoms with Crippen LogP contribution in [-0.2, 0) is 10.0 Å².